The summed E-state index contributed by atoms with van der Waals surface area (Å²) in [6.45, 7) is 24.6. The van der Waals surface area contributed by atoms with Gasteiger partial charge in [-0.3, -0.25) is 4.90 Å². The molecule has 2 nitrogen and oxygen atoms in total. The zero-order chi connectivity index (χ0) is 23.1. The standard InChI is InChI=1S/C29H52N2/c1-23(2)14-19-30-18-9-10-20-31(21-15-24(3)4)22-26-25(5)12-13-27-28(6,7)16-11-17-29(26,27)8/h12,14-15,26-27,30H,9-11,13,16-22H2,1-8H3. The predicted octanol–water partition coefficient (Wildman–Crippen LogP) is 7.39. The van der Waals surface area contributed by atoms with Gasteiger partial charge in [-0.2, -0.15) is 0 Å². The lowest BCUT2D eigenvalue weighted by Crippen LogP contribution is -2.51. The van der Waals surface area contributed by atoms with E-state index in [-0.39, 0.29) is 0 Å². The Hall–Kier alpha value is -0.860. The molecule has 0 amide bonds. The van der Waals surface area contributed by atoms with E-state index in [9.17, 15) is 0 Å². The second kappa shape index (κ2) is 11.8. The van der Waals surface area contributed by atoms with E-state index in [1.54, 1.807) is 5.57 Å². The fraction of sp³-hybridized carbons (Fsp3) is 0.793. The summed E-state index contributed by atoms with van der Waals surface area (Å²) in [6.07, 6.45) is 15.3. The van der Waals surface area contributed by atoms with Crippen LogP contribution in [0.15, 0.2) is 34.9 Å². The molecule has 3 unspecified atom stereocenters. The molecule has 2 aliphatic carbocycles. The highest BCUT2D eigenvalue weighted by Crippen LogP contribution is 2.59. The summed E-state index contributed by atoms with van der Waals surface area (Å²) in [5.41, 5.74) is 5.42. The van der Waals surface area contributed by atoms with Crippen molar-refractivity contribution in [1.29, 1.82) is 0 Å². The van der Waals surface area contributed by atoms with Crippen LogP contribution in [-0.2, 0) is 0 Å². The van der Waals surface area contributed by atoms with E-state index >= 15 is 0 Å². The molecule has 0 aromatic heterocycles. The molecule has 0 radical (unpaired) electrons. The molecule has 2 heteroatoms. The lowest BCUT2D eigenvalue weighted by atomic mass is 9.48. The zero-order valence-electron chi connectivity index (χ0n) is 22.1. The monoisotopic (exact) mass is 428 g/mol. The number of allylic oxidation sites excluding steroid dienone is 3. The van der Waals surface area contributed by atoms with E-state index in [2.05, 4.69) is 83.8 Å². The lowest BCUT2D eigenvalue weighted by Gasteiger charge is -2.57. The summed E-state index contributed by atoms with van der Waals surface area (Å²) in [5.74, 6) is 1.53. The quantitative estimate of drug-likeness (QED) is 0.272. The van der Waals surface area contributed by atoms with Crippen LogP contribution in [0.4, 0.5) is 0 Å². The average molecular weight is 429 g/mol. The Kier molecular flexibility index (Phi) is 10.1. The molecular weight excluding hydrogens is 376 g/mol. The first-order chi connectivity index (χ1) is 14.6. The van der Waals surface area contributed by atoms with Crippen molar-refractivity contribution in [2.24, 2.45) is 22.7 Å². The van der Waals surface area contributed by atoms with Gasteiger partial charge < -0.3 is 5.32 Å². The maximum atomic E-state index is 3.57. The second-order valence-electron chi connectivity index (χ2n) is 11.9. The van der Waals surface area contributed by atoms with Gasteiger partial charge in [-0.05, 0) is 102 Å². The van der Waals surface area contributed by atoms with Crippen molar-refractivity contribution in [3.63, 3.8) is 0 Å². The van der Waals surface area contributed by atoms with Crippen LogP contribution < -0.4 is 5.32 Å². The van der Waals surface area contributed by atoms with E-state index in [0.29, 0.717) is 16.7 Å². The van der Waals surface area contributed by atoms with Crippen LogP contribution in [0.2, 0.25) is 0 Å². The van der Waals surface area contributed by atoms with Crippen LogP contribution in [0.3, 0.4) is 0 Å². The summed E-state index contributed by atoms with van der Waals surface area (Å²) >= 11 is 0. The van der Waals surface area contributed by atoms with Crippen molar-refractivity contribution >= 4 is 0 Å². The predicted molar refractivity (Wildman–Crippen MR) is 138 cm³/mol. The number of hydrogen-bond donors (Lipinski definition) is 1. The molecule has 1 N–H and O–H groups in total. The molecule has 0 aliphatic heterocycles. The minimum Gasteiger partial charge on any atom is -0.313 e. The second-order valence-corrected chi connectivity index (χ2v) is 11.9. The number of hydrogen-bond acceptors (Lipinski definition) is 2. The van der Waals surface area contributed by atoms with Gasteiger partial charge in [0, 0.05) is 19.6 Å². The van der Waals surface area contributed by atoms with Crippen LogP contribution in [-0.4, -0.2) is 37.6 Å². The Bertz CT molecular complexity index is 646. The van der Waals surface area contributed by atoms with Gasteiger partial charge in [-0.1, -0.05) is 62.1 Å². The first kappa shape index (κ1) is 26.4. The van der Waals surface area contributed by atoms with E-state index in [1.165, 1.54) is 62.8 Å². The van der Waals surface area contributed by atoms with Gasteiger partial charge in [0.2, 0.25) is 0 Å². The molecule has 1 fully saturated rings. The van der Waals surface area contributed by atoms with Gasteiger partial charge >= 0.3 is 0 Å². The van der Waals surface area contributed by atoms with Gasteiger partial charge in [0.25, 0.3) is 0 Å². The lowest BCUT2D eigenvalue weighted by molar-refractivity contribution is -0.0448. The molecule has 1 saturated carbocycles. The highest BCUT2D eigenvalue weighted by atomic mass is 15.1. The summed E-state index contributed by atoms with van der Waals surface area (Å²) in [4.78, 5) is 2.75. The van der Waals surface area contributed by atoms with Crippen LogP contribution in [0.5, 0.6) is 0 Å². The molecule has 178 valence electrons. The zero-order valence-corrected chi connectivity index (χ0v) is 22.1. The third-order valence-corrected chi connectivity index (χ3v) is 8.23. The molecule has 31 heavy (non-hydrogen) atoms. The first-order valence-electron chi connectivity index (χ1n) is 12.9. The molecule has 0 saturated heterocycles. The molecule has 0 aromatic rings. The largest absolute Gasteiger partial charge is 0.313 e. The van der Waals surface area contributed by atoms with Crippen molar-refractivity contribution in [2.45, 2.75) is 93.9 Å². The summed E-state index contributed by atoms with van der Waals surface area (Å²) < 4.78 is 0. The van der Waals surface area contributed by atoms with Crippen molar-refractivity contribution in [3.05, 3.63) is 34.9 Å². The third-order valence-electron chi connectivity index (χ3n) is 8.23. The maximum absolute atomic E-state index is 3.57. The fourth-order valence-corrected chi connectivity index (χ4v) is 6.28. The molecule has 3 atom stereocenters. The third kappa shape index (κ3) is 7.60. The topological polar surface area (TPSA) is 15.3 Å². The summed E-state index contributed by atoms with van der Waals surface area (Å²) in [6, 6.07) is 0. The van der Waals surface area contributed by atoms with Gasteiger partial charge in [0.15, 0.2) is 0 Å². The summed E-state index contributed by atoms with van der Waals surface area (Å²) in [5, 5.41) is 3.57. The van der Waals surface area contributed by atoms with Crippen molar-refractivity contribution in [2.75, 3.05) is 32.7 Å². The number of nitrogens with zero attached hydrogens (tertiary/aromatic N) is 1. The molecule has 0 spiro atoms. The van der Waals surface area contributed by atoms with Crippen LogP contribution in [0.1, 0.15) is 93.9 Å². The van der Waals surface area contributed by atoms with Gasteiger partial charge in [-0.15, -0.1) is 0 Å². The minimum atomic E-state index is 0.454. The SMILES string of the molecule is CC(C)=CCNCCCCN(CC=C(C)C)CC1C(C)=CCC2C(C)(C)CCCC12C. The van der Waals surface area contributed by atoms with Crippen molar-refractivity contribution < 1.29 is 0 Å². The Morgan fingerprint density at radius 2 is 1.77 bits per heavy atom. The maximum Gasteiger partial charge on any atom is 0.0165 e. The molecule has 0 bridgehead atoms. The smallest absolute Gasteiger partial charge is 0.0165 e. The number of nitrogens with one attached hydrogen (secondary N) is 1. The molecule has 2 rings (SSSR count). The molecule has 0 heterocycles. The molecule has 2 aliphatic rings. The Labute approximate surface area is 194 Å². The van der Waals surface area contributed by atoms with Gasteiger partial charge in [0.1, 0.15) is 0 Å². The Balaban J connectivity index is 2.01. The van der Waals surface area contributed by atoms with Gasteiger partial charge in [0.05, 0.1) is 0 Å². The van der Waals surface area contributed by atoms with Crippen molar-refractivity contribution in [1.82, 2.24) is 10.2 Å². The van der Waals surface area contributed by atoms with E-state index in [1.807, 2.05) is 0 Å². The van der Waals surface area contributed by atoms with Crippen LogP contribution >= 0.6 is 0 Å². The highest BCUT2D eigenvalue weighted by molar-refractivity contribution is 5.19. The molecular formula is C29H52N2. The first-order valence-corrected chi connectivity index (χ1v) is 12.9. The van der Waals surface area contributed by atoms with E-state index < -0.39 is 0 Å². The number of fused-ring (bicyclic) bond motifs is 1. The van der Waals surface area contributed by atoms with Crippen molar-refractivity contribution in [3.8, 4) is 0 Å². The van der Waals surface area contributed by atoms with E-state index in [4.69, 9.17) is 0 Å². The minimum absolute atomic E-state index is 0.454. The van der Waals surface area contributed by atoms with Crippen LogP contribution in [0.25, 0.3) is 0 Å². The Morgan fingerprint density at radius 3 is 2.45 bits per heavy atom. The normalized spacial score (nSPS) is 27.5. The van der Waals surface area contributed by atoms with Crippen LogP contribution in [0, 0.1) is 22.7 Å². The fourth-order valence-electron chi connectivity index (χ4n) is 6.28. The number of rotatable bonds is 11. The average Bonchev–Trinajstić information content (AvgIpc) is 2.66. The molecule has 0 aromatic carbocycles. The van der Waals surface area contributed by atoms with E-state index in [0.717, 1.165) is 25.6 Å². The van der Waals surface area contributed by atoms with Gasteiger partial charge in [-0.25, -0.2) is 0 Å². The Morgan fingerprint density at radius 1 is 1.06 bits per heavy atom. The highest BCUT2D eigenvalue weighted by Gasteiger charge is 2.51. The number of unbranched alkanes of at least 4 members (excludes halogenated alkanes) is 1. The summed E-state index contributed by atoms with van der Waals surface area (Å²) in [7, 11) is 0.